The van der Waals surface area contributed by atoms with Crippen molar-refractivity contribution in [3.63, 3.8) is 0 Å². The number of halogens is 1. The zero-order valence-corrected chi connectivity index (χ0v) is 11.6. The molecule has 1 aliphatic heterocycles. The molecule has 1 aromatic rings. The number of carbonyl (C=O) groups excluding carboxylic acids is 1. The van der Waals surface area contributed by atoms with E-state index in [4.69, 9.17) is 0 Å². The molecule has 0 saturated carbocycles. The number of benzene rings is 1. The number of hydrogen-bond acceptors (Lipinski definition) is 3. The van der Waals surface area contributed by atoms with Gasteiger partial charge < -0.3 is 15.5 Å². The van der Waals surface area contributed by atoms with Crippen molar-refractivity contribution in [2.45, 2.75) is 25.9 Å². The van der Waals surface area contributed by atoms with Crippen molar-refractivity contribution in [1.29, 1.82) is 0 Å². The van der Waals surface area contributed by atoms with Crippen LogP contribution in [-0.2, 0) is 11.3 Å². The maximum Gasteiger partial charge on any atom is 0.245 e. The molecule has 1 saturated heterocycles. The molecule has 0 bridgehead atoms. The molecule has 5 heteroatoms. The van der Waals surface area contributed by atoms with E-state index in [0.29, 0.717) is 19.6 Å². The highest BCUT2D eigenvalue weighted by molar-refractivity contribution is 5.90. The fourth-order valence-electron chi connectivity index (χ4n) is 2.45. The number of amides is 1. The van der Waals surface area contributed by atoms with E-state index in [1.807, 2.05) is 31.9 Å². The van der Waals surface area contributed by atoms with Gasteiger partial charge >= 0.3 is 0 Å². The van der Waals surface area contributed by atoms with Crippen LogP contribution in [0.1, 0.15) is 19.4 Å². The van der Waals surface area contributed by atoms with Crippen LogP contribution in [0, 0.1) is 5.82 Å². The molecule has 19 heavy (non-hydrogen) atoms. The Hall–Kier alpha value is -1.62. The predicted octanol–water partition coefficient (Wildman–Crippen LogP) is 1.26. The summed E-state index contributed by atoms with van der Waals surface area (Å²) in [6, 6.07) is 4.93. The lowest BCUT2D eigenvalue weighted by Crippen LogP contribution is -2.62. The average Bonchev–Trinajstić information content (AvgIpc) is 2.32. The summed E-state index contributed by atoms with van der Waals surface area (Å²) in [7, 11) is 1.82. The largest absolute Gasteiger partial charge is 0.356 e. The molecule has 0 atom stereocenters. The minimum atomic E-state index is -0.664. The summed E-state index contributed by atoms with van der Waals surface area (Å²) in [6.07, 6.45) is 0. The number of rotatable bonds is 3. The van der Waals surface area contributed by atoms with Gasteiger partial charge in [-0.2, -0.15) is 0 Å². The predicted molar refractivity (Wildman–Crippen MR) is 73.6 cm³/mol. The second kappa shape index (κ2) is 5.17. The normalized spacial score (nSPS) is 18.3. The SMILES string of the molecule is CNCc1cc(F)cc(N2CCNC(=O)C2(C)C)c1. The Morgan fingerprint density at radius 2 is 2.16 bits per heavy atom. The third-order valence-corrected chi connectivity index (χ3v) is 3.49. The van der Waals surface area contributed by atoms with Gasteiger partial charge in [-0.1, -0.05) is 0 Å². The smallest absolute Gasteiger partial charge is 0.245 e. The standard InChI is InChI=1S/C14H20FN3O/c1-14(2)13(19)17-4-5-18(14)12-7-10(9-16-3)6-11(15)8-12/h6-8,16H,4-5,9H2,1-3H3,(H,17,19). The molecule has 2 N–H and O–H groups in total. The Morgan fingerprint density at radius 3 is 2.84 bits per heavy atom. The van der Waals surface area contributed by atoms with Crippen LogP contribution in [0.5, 0.6) is 0 Å². The van der Waals surface area contributed by atoms with E-state index < -0.39 is 5.54 Å². The molecule has 1 aromatic carbocycles. The van der Waals surface area contributed by atoms with E-state index >= 15 is 0 Å². The van der Waals surface area contributed by atoms with E-state index in [9.17, 15) is 9.18 Å². The third-order valence-electron chi connectivity index (χ3n) is 3.49. The first-order chi connectivity index (χ1) is 8.95. The Balaban J connectivity index is 2.37. The number of carbonyl (C=O) groups is 1. The number of nitrogens with one attached hydrogen (secondary N) is 2. The van der Waals surface area contributed by atoms with E-state index in [-0.39, 0.29) is 11.7 Å². The molecule has 2 rings (SSSR count). The number of piperazine rings is 1. The molecule has 0 spiro atoms. The molecule has 1 amide bonds. The van der Waals surface area contributed by atoms with Gasteiger partial charge in [-0.25, -0.2) is 4.39 Å². The summed E-state index contributed by atoms with van der Waals surface area (Å²) in [5, 5.41) is 5.85. The monoisotopic (exact) mass is 265 g/mol. The fourth-order valence-corrected chi connectivity index (χ4v) is 2.45. The highest BCUT2D eigenvalue weighted by Crippen LogP contribution is 2.27. The summed E-state index contributed by atoms with van der Waals surface area (Å²) < 4.78 is 13.7. The Morgan fingerprint density at radius 1 is 1.42 bits per heavy atom. The van der Waals surface area contributed by atoms with E-state index in [2.05, 4.69) is 10.6 Å². The maximum absolute atomic E-state index is 13.7. The zero-order valence-electron chi connectivity index (χ0n) is 11.6. The topological polar surface area (TPSA) is 44.4 Å². The van der Waals surface area contributed by atoms with Gasteiger partial charge in [0.25, 0.3) is 0 Å². The molecule has 0 aliphatic carbocycles. The molecule has 0 radical (unpaired) electrons. The van der Waals surface area contributed by atoms with Crippen LogP contribution in [0.15, 0.2) is 18.2 Å². The highest BCUT2D eigenvalue weighted by atomic mass is 19.1. The minimum absolute atomic E-state index is 0.0295. The van der Waals surface area contributed by atoms with Gasteiger partial charge in [-0.15, -0.1) is 0 Å². The van der Waals surface area contributed by atoms with Gasteiger partial charge in [-0.3, -0.25) is 4.79 Å². The Labute approximate surface area is 113 Å². The summed E-state index contributed by atoms with van der Waals surface area (Å²) in [6.45, 7) is 5.57. The molecule has 0 unspecified atom stereocenters. The van der Waals surface area contributed by atoms with Crippen LogP contribution in [0.25, 0.3) is 0 Å². The Bertz CT molecular complexity index is 488. The van der Waals surface area contributed by atoms with Crippen LogP contribution >= 0.6 is 0 Å². The first kappa shape index (κ1) is 13.8. The molecule has 1 aliphatic rings. The maximum atomic E-state index is 13.7. The van der Waals surface area contributed by atoms with Crippen molar-refractivity contribution < 1.29 is 9.18 Å². The molecule has 4 nitrogen and oxygen atoms in total. The summed E-state index contributed by atoms with van der Waals surface area (Å²) >= 11 is 0. The second-order valence-corrected chi connectivity index (χ2v) is 5.31. The lowest BCUT2D eigenvalue weighted by Gasteiger charge is -2.43. The molecule has 1 heterocycles. The first-order valence-corrected chi connectivity index (χ1v) is 6.45. The zero-order chi connectivity index (χ0) is 14.0. The van der Waals surface area contributed by atoms with Crippen molar-refractivity contribution in [3.8, 4) is 0 Å². The summed E-state index contributed by atoms with van der Waals surface area (Å²) in [5.41, 5.74) is 0.965. The Kier molecular flexibility index (Phi) is 3.75. The van der Waals surface area contributed by atoms with Gasteiger partial charge in [0.15, 0.2) is 0 Å². The lowest BCUT2D eigenvalue weighted by atomic mass is 9.97. The average molecular weight is 265 g/mol. The van der Waals surface area contributed by atoms with Crippen LogP contribution in [0.4, 0.5) is 10.1 Å². The van der Waals surface area contributed by atoms with Gasteiger partial charge in [0.05, 0.1) is 0 Å². The van der Waals surface area contributed by atoms with Crippen molar-refractivity contribution in [2.75, 3.05) is 25.0 Å². The van der Waals surface area contributed by atoms with E-state index in [1.54, 1.807) is 0 Å². The molecular weight excluding hydrogens is 245 g/mol. The second-order valence-electron chi connectivity index (χ2n) is 5.31. The lowest BCUT2D eigenvalue weighted by molar-refractivity contribution is -0.126. The van der Waals surface area contributed by atoms with E-state index in [0.717, 1.165) is 11.3 Å². The van der Waals surface area contributed by atoms with E-state index in [1.165, 1.54) is 12.1 Å². The van der Waals surface area contributed by atoms with Gasteiger partial charge in [0, 0.05) is 25.3 Å². The number of nitrogens with zero attached hydrogens (tertiary/aromatic N) is 1. The quantitative estimate of drug-likeness (QED) is 0.865. The minimum Gasteiger partial charge on any atom is -0.356 e. The van der Waals surface area contributed by atoms with Crippen molar-refractivity contribution in [1.82, 2.24) is 10.6 Å². The summed E-state index contributed by atoms with van der Waals surface area (Å²) in [5.74, 6) is -0.303. The van der Waals surface area contributed by atoms with Crippen molar-refractivity contribution in [2.24, 2.45) is 0 Å². The van der Waals surface area contributed by atoms with Crippen molar-refractivity contribution in [3.05, 3.63) is 29.6 Å². The molecular formula is C14H20FN3O. The van der Waals surface area contributed by atoms with Crippen molar-refractivity contribution >= 4 is 11.6 Å². The van der Waals surface area contributed by atoms with Crippen LogP contribution < -0.4 is 15.5 Å². The third kappa shape index (κ3) is 2.71. The highest BCUT2D eigenvalue weighted by Gasteiger charge is 2.37. The van der Waals surface area contributed by atoms with Crippen LogP contribution in [0.3, 0.4) is 0 Å². The molecule has 104 valence electrons. The first-order valence-electron chi connectivity index (χ1n) is 6.45. The fraction of sp³-hybridized carbons (Fsp3) is 0.500. The van der Waals surface area contributed by atoms with Gasteiger partial charge in [-0.05, 0) is 44.7 Å². The molecule has 0 aromatic heterocycles. The molecule has 1 fully saturated rings. The van der Waals surface area contributed by atoms with Crippen LogP contribution in [-0.4, -0.2) is 31.6 Å². The van der Waals surface area contributed by atoms with Gasteiger partial charge in [0.1, 0.15) is 11.4 Å². The summed E-state index contributed by atoms with van der Waals surface area (Å²) in [4.78, 5) is 13.9. The van der Waals surface area contributed by atoms with Gasteiger partial charge in [0.2, 0.25) is 5.91 Å². The van der Waals surface area contributed by atoms with Crippen LogP contribution in [0.2, 0.25) is 0 Å². The number of hydrogen-bond donors (Lipinski definition) is 2. The number of anilines is 1.